The van der Waals surface area contributed by atoms with Gasteiger partial charge in [-0.2, -0.15) is 0 Å². The Morgan fingerprint density at radius 3 is 1.37 bits per heavy atom. The first-order valence-corrected chi connectivity index (χ1v) is 28.6. The van der Waals surface area contributed by atoms with E-state index in [9.17, 15) is 68.4 Å². The SMILES string of the molecule is CC[C@H](C)[C@H](NC(=O)[C@H](CC(=O)O)NC(=O)[C@H](CCCCN)NC(=O)[C@H](CCCN=C(N)N)NC(=O)[C@H](Cc1ccccc1)NC(=O)[C@H](CO)NC(=O)[C@H](Cc1ccc(O)cc1)NC(=O)[C@@H](N)CCCCN)C(=O)N[C@@H](Cc1ccccc1)C(=O)O. The molecule has 472 valence electrons. The Morgan fingerprint density at radius 2 is 0.895 bits per heavy atom. The van der Waals surface area contributed by atoms with Crippen molar-refractivity contribution in [3.8, 4) is 5.75 Å². The number of aliphatic carboxylic acids is 2. The molecule has 0 aliphatic heterocycles. The lowest BCUT2D eigenvalue weighted by atomic mass is 9.96. The van der Waals surface area contributed by atoms with Crippen LogP contribution in [0.2, 0.25) is 0 Å². The van der Waals surface area contributed by atoms with Crippen LogP contribution in [0.1, 0.15) is 94.7 Å². The van der Waals surface area contributed by atoms with Crippen LogP contribution in [0.25, 0.3) is 0 Å². The number of hydrogen-bond donors (Lipinski definition) is 17. The highest BCUT2D eigenvalue weighted by Crippen LogP contribution is 2.15. The van der Waals surface area contributed by atoms with Gasteiger partial charge in [-0.05, 0) is 92.8 Å². The average Bonchev–Trinajstić information content (AvgIpc) is 3.09. The molecule has 0 fully saturated rings. The number of phenols is 1. The number of benzene rings is 3. The summed E-state index contributed by atoms with van der Waals surface area (Å²) in [6.45, 7) is 2.82. The fourth-order valence-corrected chi connectivity index (χ4v) is 8.80. The molecule has 3 aromatic rings. The zero-order valence-electron chi connectivity index (χ0n) is 48.6. The Bertz CT molecular complexity index is 2700. The third-order valence-corrected chi connectivity index (χ3v) is 13.9. The van der Waals surface area contributed by atoms with Crippen molar-refractivity contribution in [1.29, 1.82) is 0 Å². The van der Waals surface area contributed by atoms with Gasteiger partial charge in [0.05, 0.1) is 19.1 Å². The molecule has 3 rings (SSSR count). The van der Waals surface area contributed by atoms with Gasteiger partial charge in [-0.25, -0.2) is 4.79 Å². The number of carbonyl (C=O) groups excluding carboxylic acids is 8. The Morgan fingerprint density at radius 1 is 0.488 bits per heavy atom. The summed E-state index contributed by atoms with van der Waals surface area (Å²) in [4.78, 5) is 141. The van der Waals surface area contributed by atoms with Crippen molar-refractivity contribution in [1.82, 2.24) is 42.5 Å². The summed E-state index contributed by atoms with van der Waals surface area (Å²) >= 11 is 0. The summed E-state index contributed by atoms with van der Waals surface area (Å²) in [5, 5.41) is 60.5. The van der Waals surface area contributed by atoms with Gasteiger partial charge in [-0.1, -0.05) is 99.5 Å². The fourth-order valence-electron chi connectivity index (χ4n) is 8.80. The third kappa shape index (κ3) is 26.0. The number of aliphatic hydroxyl groups is 1. The van der Waals surface area contributed by atoms with Crippen molar-refractivity contribution in [2.45, 2.75) is 152 Å². The van der Waals surface area contributed by atoms with Crippen molar-refractivity contribution < 1.29 is 68.4 Å². The first kappa shape index (κ1) is 71.5. The quantitative estimate of drug-likeness (QED) is 0.0159. The maximum atomic E-state index is 14.6. The van der Waals surface area contributed by atoms with Gasteiger partial charge in [0.15, 0.2) is 5.96 Å². The summed E-state index contributed by atoms with van der Waals surface area (Å²) in [5.74, 6) is -11.5. The Hall–Kier alpha value is -8.73. The minimum absolute atomic E-state index is 0.0372. The Balaban J connectivity index is 1.95. The van der Waals surface area contributed by atoms with E-state index in [1.165, 1.54) is 24.3 Å². The zero-order chi connectivity index (χ0) is 63.7. The lowest BCUT2D eigenvalue weighted by molar-refractivity contribution is -0.143. The standard InChI is InChI=1S/C58H86N14O14/c1-3-34(2)48(56(84)70-45(57(85)86)31-36-17-8-5-9-18-36)72-54(82)44(32-47(75)76)69-51(79)40(20-11-13-27-60)65-50(78)41(21-14-28-64-58(62)63)66-52(80)43(29-35-15-6-4-7-16-35)68-55(83)46(33-73)71-53(81)42(30-37-22-24-38(74)25-23-37)67-49(77)39(61)19-10-12-26-59/h4-9,15-18,22-25,34,39-46,48,73-74H,3,10-14,19-21,26-33,59-61H2,1-2H3,(H,65,78)(H,66,80)(H,67,77)(H,68,83)(H,69,79)(H,70,84)(H,71,81)(H,72,82)(H,75,76)(H,85,86)(H4,62,63,64)/t34-,39-,40-,41-,42-,43-,44-,45-,46-,48-/m0/s1. The highest BCUT2D eigenvalue weighted by atomic mass is 16.4. The van der Waals surface area contributed by atoms with Gasteiger partial charge in [-0.15, -0.1) is 0 Å². The van der Waals surface area contributed by atoms with Crippen molar-refractivity contribution in [2.24, 2.45) is 39.6 Å². The number of aliphatic hydroxyl groups excluding tert-OH is 1. The number of carbonyl (C=O) groups is 10. The molecule has 0 saturated heterocycles. The van der Waals surface area contributed by atoms with Gasteiger partial charge in [0.1, 0.15) is 54.1 Å². The monoisotopic (exact) mass is 1200 g/mol. The van der Waals surface area contributed by atoms with Crippen LogP contribution in [0.4, 0.5) is 0 Å². The Labute approximate surface area is 499 Å². The molecule has 28 heteroatoms. The van der Waals surface area contributed by atoms with Gasteiger partial charge in [0, 0.05) is 25.8 Å². The molecular weight excluding hydrogens is 1120 g/mol. The van der Waals surface area contributed by atoms with Crippen LogP contribution >= 0.6 is 0 Å². The summed E-state index contributed by atoms with van der Waals surface area (Å²) in [6.07, 6.45) is 0.543. The van der Waals surface area contributed by atoms with Crippen molar-refractivity contribution >= 4 is 65.2 Å². The first-order valence-electron chi connectivity index (χ1n) is 28.6. The highest BCUT2D eigenvalue weighted by Gasteiger charge is 2.37. The van der Waals surface area contributed by atoms with E-state index >= 15 is 0 Å². The van der Waals surface area contributed by atoms with Crippen LogP contribution in [-0.4, -0.2) is 166 Å². The first-order chi connectivity index (χ1) is 41.0. The number of aliphatic imine (C=N–C) groups is 1. The zero-order valence-corrected chi connectivity index (χ0v) is 48.6. The van der Waals surface area contributed by atoms with Crippen LogP contribution in [0, 0.1) is 5.92 Å². The second-order valence-electron chi connectivity index (χ2n) is 20.8. The fraction of sp³-hybridized carbons (Fsp3) is 0.500. The minimum atomic E-state index is -1.85. The Kier molecular flexibility index (Phi) is 31.8. The number of nitrogens with one attached hydrogen (secondary N) is 8. The number of aromatic hydroxyl groups is 1. The molecule has 0 bridgehead atoms. The number of hydrogen-bond acceptors (Lipinski definition) is 16. The molecule has 0 heterocycles. The van der Waals surface area contributed by atoms with Gasteiger partial charge in [0.2, 0.25) is 47.3 Å². The van der Waals surface area contributed by atoms with E-state index in [2.05, 4.69) is 47.5 Å². The molecule has 0 unspecified atom stereocenters. The molecule has 86 heavy (non-hydrogen) atoms. The number of nitrogens with zero attached hydrogens (tertiary/aromatic N) is 1. The molecule has 0 aromatic heterocycles. The number of guanidine groups is 1. The molecular formula is C58H86N14O14. The number of nitrogens with two attached hydrogens (primary N) is 5. The lowest BCUT2D eigenvalue weighted by Crippen LogP contribution is -2.61. The van der Waals surface area contributed by atoms with Gasteiger partial charge >= 0.3 is 11.9 Å². The predicted molar refractivity (Wildman–Crippen MR) is 318 cm³/mol. The molecule has 0 radical (unpaired) electrons. The molecule has 0 aliphatic rings. The summed E-state index contributed by atoms with van der Waals surface area (Å²) in [7, 11) is 0. The number of carboxylic acids is 2. The summed E-state index contributed by atoms with van der Waals surface area (Å²) in [5.41, 5.74) is 30.2. The number of unbranched alkanes of at least 4 members (excludes halogenated alkanes) is 2. The predicted octanol–water partition coefficient (Wildman–Crippen LogP) is -2.46. The van der Waals surface area contributed by atoms with Crippen LogP contribution in [-0.2, 0) is 67.2 Å². The van der Waals surface area contributed by atoms with E-state index in [1.807, 2.05) is 0 Å². The molecule has 22 N–H and O–H groups in total. The molecule has 8 amide bonds. The van der Waals surface area contributed by atoms with E-state index in [0.29, 0.717) is 48.9 Å². The normalized spacial score (nSPS) is 14.5. The molecule has 0 aliphatic carbocycles. The smallest absolute Gasteiger partial charge is 0.326 e. The molecule has 0 saturated carbocycles. The number of amides is 8. The van der Waals surface area contributed by atoms with Crippen LogP contribution in [0.3, 0.4) is 0 Å². The molecule has 3 aromatic carbocycles. The number of phenolic OH excluding ortho intramolecular Hbond substituents is 1. The van der Waals surface area contributed by atoms with E-state index in [1.54, 1.807) is 74.5 Å². The average molecular weight is 1200 g/mol. The van der Waals surface area contributed by atoms with Crippen molar-refractivity contribution in [2.75, 3.05) is 26.2 Å². The maximum absolute atomic E-state index is 14.6. The van der Waals surface area contributed by atoms with E-state index < -0.39 is 133 Å². The van der Waals surface area contributed by atoms with Gasteiger partial charge in [-0.3, -0.25) is 48.1 Å². The number of carboxylic acid groups (broad SMARTS) is 2. The van der Waals surface area contributed by atoms with E-state index in [0.717, 1.165) is 0 Å². The molecule has 10 atom stereocenters. The van der Waals surface area contributed by atoms with Crippen LogP contribution < -0.4 is 71.2 Å². The van der Waals surface area contributed by atoms with Crippen molar-refractivity contribution in [3.05, 3.63) is 102 Å². The molecule has 0 spiro atoms. The largest absolute Gasteiger partial charge is 0.508 e. The molecule has 28 nitrogen and oxygen atoms in total. The van der Waals surface area contributed by atoms with E-state index in [4.69, 9.17) is 28.7 Å². The van der Waals surface area contributed by atoms with Gasteiger partial charge in [0.25, 0.3) is 0 Å². The van der Waals surface area contributed by atoms with Crippen LogP contribution in [0.15, 0.2) is 89.9 Å². The highest BCUT2D eigenvalue weighted by molar-refractivity contribution is 5.99. The second kappa shape index (κ2) is 38.3. The topological polar surface area (TPSA) is 490 Å². The van der Waals surface area contributed by atoms with Crippen LogP contribution in [0.5, 0.6) is 5.75 Å². The number of rotatable bonds is 40. The second-order valence-corrected chi connectivity index (χ2v) is 20.8. The third-order valence-electron chi connectivity index (χ3n) is 13.9. The summed E-state index contributed by atoms with van der Waals surface area (Å²) < 4.78 is 0. The van der Waals surface area contributed by atoms with Gasteiger partial charge < -0.3 is 91.6 Å². The van der Waals surface area contributed by atoms with Crippen molar-refractivity contribution in [3.63, 3.8) is 0 Å². The minimum Gasteiger partial charge on any atom is -0.508 e. The summed E-state index contributed by atoms with van der Waals surface area (Å²) in [6, 6.07) is 9.27. The lowest BCUT2D eigenvalue weighted by Gasteiger charge is -2.29. The maximum Gasteiger partial charge on any atom is 0.326 e. The van der Waals surface area contributed by atoms with E-state index in [-0.39, 0.29) is 76.2 Å².